The number of aliphatic hydroxyl groups excluding tert-OH is 1. The summed E-state index contributed by atoms with van der Waals surface area (Å²) in [5.41, 5.74) is 5.43. The van der Waals surface area contributed by atoms with Gasteiger partial charge >= 0.3 is 0 Å². The predicted octanol–water partition coefficient (Wildman–Crippen LogP) is 0.0289. The summed E-state index contributed by atoms with van der Waals surface area (Å²) in [5.74, 6) is 0.218. The van der Waals surface area contributed by atoms with E-state index in [1.807, 2.05) is 11.8 Å². The van der Waals surface area contributed by atoms with Gasteiger partial charge in [-0.3, -0.25) is 9.69 Å². The van der Waals surface area contributed by atoms with Crippen LogP contribution in [-0.4, -0.2) is 65.7 Å². The number of carbonyl (C=O) groups excluding carboxylic acids is 1. The van der Waals surface area contributed by atoms with Crippen molar-refractivity contribution in [3.8, 4) is 0 Å². The summed E-state index contributed by atoms with van der Waals surface area (Å²) in [6.07, 6.45) is 2.03. The normalized spacial score (nSPS) is 23.1. The first-order chi connectivity index (χ1) is 8.58. The Morgan fingerprint density at radius 3 is 2.78 bits per heavy atom. The zero-order valence-corrected chi connectivity index (χ0v) is 11.6. The average Bonchev–Trinajstić information content (AvgIpc) is 2.35. The van der Waals surface area contributed by atoms with Gasteiger partial charge in [-0.1, -0.05) is 6.92 Å². The number of nitrogens with zero attached hydrogens (tertiary/aromatic N) is 2. The minimum absolute atomic E-state index is 0.218. The highest BCUT2D eigenvalue weighted by Gasteiger charge is 2.28. The predicted molar refractivity (Wildman–Crippen MR) is 72.2 cm³/mol. The number of hydrogen-bond donors (Lipinski definition) is 2. The van der Waals surface area contributed by atoms with Gasteiger partial charge in [-0.15, -0.1) is 0 Å². The summed E-state index contributed by atoms with van der Waals surface area (Å²) in [5, 5.41) is 9.47. The second-order valence-electron chi connectivity index (χ2n) is 5.14. The monoisotopic (exact) mass is 257 g/mol. The van der Waals surface area contributed by atoms with Crippen LogP contribution >= 0.6 is 0 Å². The maximum atomic E-state index is 11.9. The zero-order valence-electron chi connectivity index (χ0n) is 11.6. The summed E-state index contributed by atoms with van der Waals surface area (Å²) in [6.45, 7) is 7.63. The van der Waals surface area contributed by atoms with Crippen molar-refractivity contribution in [3.05, 3.63) is 0 Å². The summed E-state index contributed by atoms with van der Waals surface area (Å²) in [6, 6.07) is 0.371. The molecular weight excluding hydrogens is 230 g/mol. The van der Waals surface area contributed by atoms with E-state index in [1.165, 1.54) is 0 Å². The van der Waals surface area contributed by atoms with Crippen LogP contribution in [0.1, 0.15) is 33.1 Å². The van der Waals surface area contributed by atoms with E-state index in [0.717, 1.165) is 32.5 Å². The Morgan fingerprint density at radius 1 is 1.50 bits per heavy atom. The maximum Gasteiger partial charge on any atom is 0.222 e. The first-order valence-corrected chi connectivity index (χ1v) is 6.98. The highest BCUT2D eigenvalue weighted by molar-refractivity contribution is 5.76. The summed E-state index contributed by atoms with van der Waals surface area (Å²) < 4.78 is 0. The molecule has 1 amide bonds. The van der Waals surface area contributed by atoms with Crippen LogP contribution in [0.3, 0.4) is 0 Å². The molecule has 0 aromatic rings. The fraction of sp³-hybridized carbons (Fsp3) is 0.923. The van der Waals surface area contributed by atoms with Crippen molar-refractivity contribution in [1.29, 1.82) is 0 Å². The van der Waals surface area contributed by atoms with Gasteiger partial charge in [0.15, 0.2) is 0 Å². The van der Waals surface area contributed by atoms with Crippen molar-refractivity contribution >= 4 is 5.91 Å². The van der Waals surface area contributed by atoms with Crippen molar-refractivity contribution in [2.45, 2.75) is 45.3 Å². The molecule has 1 fully saturated rings. The summed E-state index contributed by atoms with van der Waals surface area (Å²) >= 11 is 0. The number of carbonyl (C=O) groups is 1. The van der Waals surface area contributed by atoms with Crippen LogP contribution in [0.2, 0.25) is 0 Å². The third kappa shape index (κ3) is 4.55. The minimum atomic E-state index is -0.307. The zero-order chi connectivity index (χ0) is 13.5. The van der Waals surface area contributed by atoms with Gasteiger partial charge in [0.1, 0.15) is 0 Å². The third-order valence-electron chi connectivity index (χ3n) is 3.52. The molecule has 1 saturated heterocycles. The molecule has 0 bridgehead atoms. The molecule has 1 aliphatic heterocycles. The molecule has 1 rings (SSSR count). The standard InChI is InChI=1S/C13H27N3O2/c1-3-12-10-16(13(18)5-4-6-14)8-7-15(12)9-11(2)17/h11-12,17H,3-10,14H2,1-2H3. The molecule has 5 nitrogen and oxygen atoms in total. The van der Waals surface area contributed by atoms with Crippen LogP contribution in [0.4, 0.5) is 0 Å². The van der Waals surface area contributed by atoms with Gasteiger partial charge in [0.25, 0.3) is 0 Å². The molecule has 5 heteroatoms. The lowest BCUT2D eigenvalue weighted by atomic mass is 10.1. The average molecular weight is 257 g/mol. The SMILES string of the molecule is CCC1CN(C(=O)CCCN)CCN1CC(C)O. The number of nitrogens with two attached hydrogens (primary N) is 1. The van der Waals surface area contributed by atoms with Crippen LogP contribution in [0, 0.1) is 0 Å². The molecule has 0 saturated carbocycles. The maximum absolute atomic E-state index is 11.9. The van der Waals surface area contributed by atoms with E-state index < -0.39 is 0 Å². The van der Waals surface area contributed by atoms with Crippen LogP contribution in [-0.2, 0) is 4.79 Å². The van der Waals surface area contributed by atoms with E-state index in [0.29, 0.717) is 25.6 Å². The number of β-amino-alcohol motifs (C(OH)–C–C–N with tert-alkyl or cyclic N) is 1. The van der Waals surface area contributed by atoms with Crippen LogP contribution in [0.25, 0.3) is 0 Å². The van der Waals surface area contributed by atoms with Crippen molar-refractivity contribution < 1.29 is 9.90 Å². The van der Waals surface area contributed by atoms with Gasteiger partial charge < -0.3 is 15.7 Å². The van der Waals surface area contributed by atoms with Crippen molar-refractivity contribution in [3.63, 3.8) is 0 Å². The Morgan fingerprint density at radius 2 is 2.22 bits per heavy atom. The largest absolute Gasteiger partial charge is 0.392 e. The molecular formula is C13H27N3O2. The van der Waals surface area contributed by atoms with Gasteiger partial charge in [0.2, 0.25) is 5.91 Å². The molecule has 0 aliphatic carbocycles. The van der Waals surface area contributed by atoms with Crippen molar-refractivity contribution in [1.82, 2.24) is 9.80 Å². The minimum Gasteiger partial charge on any atom is -0.392 e. The Bertz CT molecular complexity index is 259. The van der Waals surface area contributed by atoms with Crippen molar-refractivity contribution in [2.75, 3.05) is 32.7 Å². The smallest absolute Gasteiger partial charge is 0.222 e. The molecule has 0 radical (unpaired) electrons. The molecule has 0 aromatic carbocycles. The van der Waals surface area contributed by atoms with E-state index in [-0.39, 0.29) is 12.0 Å². The van der Waals surface area contributed by atoms with E-state index in [9.17, 15) is 9.90 Å². The van der Waals surface area contributed by atoms with Crippen LogP contribution in [0.5, 0.6) is 0 Å². The van der Waals surface area contributed by atoms with Crippen molar-refractivity contribution in [2.24, 2.45) is 5.73 Å². The Labute approximate surface area is 110 Å². The fourth-order valence-corrected chi connectivity index (χ4v) is 2.50. The number of amides is 1. The van der Waals surface area contributed by atoms with Crippen LogP contribution < -0.4 is 5.73 Å². The van der Waals surface area contributed by atoms with E-state index in [1.54, 1.807) is 0 Å². The van der Waals surface area contributed by atoms with Gasteiger partial charge in [-0.25, -0.2) is 0 Å². The van der Waals surface area contributed by atoms with E-state index >= 15 is 0 Å². The lowest BCUT2D eigenvalue weighted by Gasteiger charge is -2.41. The Balaban J connectivity index is 2.47. The molecule has 0 spiro atoms. The molecule has 1 heterocycles. The molecule has 2 atom stereocenters. The summed E-state index contributed by atoms with van der Waals surface area (Å²) in [7, 11) is 0. The van der Waals surface area contributed by atoms with E-state index in [2.05, 4.69) is 11.8 Å². The lowest BCUT2D eigenvalue weighted by molar-refractivity contribution is -0.134. The number of rotatable bonds is 6. The fourth-order valence-electron chi connectivity index (χ4n) is 2.50. The lowest BCUT2D eigenvalue weighted by Crippen LogP contribution is -2.55. The topological polar surface area (TPSA) is 69.8 Å². The Hall–Kier alpha value is -0.650. The second kappa shape index (κ2) is 7.71. The summed E-state index contributed by atoms with van der Waals surface area (Å²) in [4.78, 5) is 16.2. The second-order valence-corrected chi connectivity index (χ2v) is 5.14. The van der Waals surface area contributed by atoms with Gasteiger partial charge in [0.05, 0.1) is 6.10 Å². The molecule has 106 valence electrons. The first kappa shape index (κ1) is 15.4. The van der Waals surface area contributed by atoms with E-state index in [4.69, 9.17) is 5.73 Å². The molecule has 0 aromatic heterocycles. The van der Waals surface area contributed by atoms with Gasteiger partial charge in [-0.2, -0.15) is 0 Å². The Kier molecular flexibility index (Phi) is 6.60. The molecule has 1 aliphatic rings. The number of aliphatic hydroxyl groups is 1. The highest BCUT2D eigenvalue weighted by atomic mass is 16.3. The third-order valence-corrected chi connectivity index (χ3v) is 3.52. The molecule has 18 heavy (non-hydrogen) atoms. The van der Waals surface area contributed by atoms with Gasteiger partial charge in [0, 0.05) is 38.6 Å². The first-order valence-electron chi connectivity index (χ1n) is 6.98. The highest BCUT2D eigenvalue weighted by Crippen LogP contribution is 2.14. The van der Waals surface area contributed by atoms with Crippen LogP contribution in [0.15, 0.2) is 0 Å². The quantitative estimate of drug-likeness (QED) is 0.704. The molecule has 2 unspecified atom stereocenters. The number of piperazine rings is 1. The number of hydrogen-bond acceptors (Lipinski definition) is 4. The molecule has 3 N–H and O–H groups in total. The van der Waals surface area contributed by atoms with Gasteiger partial charge in [-0.05, 0) is 26.3 Å².